The van der Waals surface area contributed by atoms with Crippen molar-refractivity contribution in [3.8, 4) is 11.1 Å². The van der Waals surface area contributed by atoms with Gasteiger partial charge in [0.25, 0.3) is 5.69 Å². The molecule has 0 heterocycles. The molecule has 5 nitrogen and oxygen atoms in total. The second kappa shape index (κ2) is 8.27. The van der Waals surface area contributed by atoms with Gasteiger partial charge in [0, 0.05) is 12.0 Å². The summed E-state index contributed by atoms with van der Waals surface area (Å²) in [5.41, 5.74) is 5.71. The first kappa shape index (κ1) is 18.3. The van der Waals surface area contributed by atoms with E-state index in [2.05, 4.69) is 60.2 Å². The van der Waals surface area contributed by atoms with Gasteiger partial charge in [-0.15, -0.1) is 0 Å². The van der Waals surface area contributed by atoms with Crippen LogP contribution >= 0.6 is 0 Å². The molecule has 5 heteroatoms. The van der Waals surface area contributed by atoms with Crippen LogP contribution in [0.25, 0.3) is 11.1 Å². The van der Waals surface area contributed by atoms with E-state index in [0.717, 1.165) is 0 Å². The number of para-hydroxylation sites is 1. The van der Waals surface area contributed by atoms with Crippen molar-refractivity contribution in [2.24, 2.45) is 0 Å². The fourth-order valence-electron chi connectivity index (χ4n) is 3.18. The van der Waals surface area contributed by atoms with Crippen LogP contribution in [-0.2, 0) is 16.1 Å². The highest BCUT2D eigenvalue weighted by atomic mass is 16.6. The Hall–Kier alpha value is -3.47. The Morgan fingerprint density at radius 2 is 1.44 bits per heavy atom. The van der Waals surface area contributed by atoms with E-state index in [0.29, 0.717) is 11.5 Å². The van der Waals surface area contributed by atoms with Gasteiger partial charge in [-0.3, -0.25) is 10.1 Å². The number of rotatable bonds is 4. The van der Waals surface area contributed by atoms with Crippen LogP contribution < -0.4 is 0 Å². The van der Waals surface area contributed by atoms with Crippen molar-refractivity contribution in [2.75, 3.05) is 0 Å². The maximum atomic E-state index is 10.4. The molecule has 2 radical (unpaired) electrons. The van der Waals surface area contributed by atoms with Gasteiger partial charge in [0.2, 0.25) is 0 Å². The lowest BCUT2D eigenvalue weighted by molar-refractivity contribution is -0.385. The fraction of sp³-hybridized carbons (Fsp3) is 0.0909. The van der Waals surface area contributed by atoms with Gasteiger partial charge in [-0.2, -0.15) is 0 Å². The van der Waals surface area contributed by atoms with Crippen molar-refractivity contribution in [3.63, 3.8) is 0 Å². The average molecular weight is 359 g/mol. The lowest BCUT2D eigenvalue weighted by Gasteiger charge is -2.04. The topological polar surface area (TPSA) is 69.4 Å². The first-order chi connectivity index (χ1) is 13.1. The molecular formula is C22H17NO4. The maximum absolute atomic E-state index is 10.4. The van der Waals surface area contributed by atoms with Crippen molar-refractivity contribution in [2.45, 2.75) is 12.5 Å². The van der Waals surface area contributed by atoms with Gasteiger partial charge in [-0.1, -0.05) is 60.7 Å². The Morgan fingerprint density at radius 3 is 2.00 bits per heavy atom. The molecule has 0 spiro atoms. The highest BCUT2D eigenvalue weighted by Crippen LogP contribution is 2.43. The number of benzene rings is 3. The largest absolute Gasteiger partial charge is 0.452 e. The maximum Gasteiger partial charge on any atom is 0.417 e. The summed E-state index contributed by atoms with van der Waals surface area (Å²) in [6.45, 7) is 5.31. The molecule has 0 N–H and O–H groups in total. The third-order valence-electron chi connectivity index (χ3n) is 4.44. The van der Waals surface area contributed by atoms with Crippen LogP contribution in [-0.4, -0.2) is 11.4 Å². The smallest absolute Gasteiger partial charge is 0.417 e. The molecular weight excluding hydrogens is 342 g/mol. The molecule has 3 aromatic rings. The van der Waals surface area contributed by atoms with Gasteiger partial charge in [0.05, 0.1) is 10.5 Å². The summed E-state index contributed by atoms with van der Waals surface area (Å²) >= 11 is 0. The number of hydrogen-bond acceptors (Lipinski definition) is 4. The van der Waals surface area contributed by atoms with E-state index in [4.69, 9.17) is 0 Å². The highest BCUT2D eigenvalue weighted by Gasteiger charge is 2.23. The standard InChI is InChI=1S/C14H11.C8H6NO4/c1-10-11-6-2-4-8-13(11)14-9-5-3-7-12(10)14;10-6-13-5-7-3-1-2-4-8(7)9(11)12/h2-10H,1H2;1-4H,5H2. The van der Waals surface area contributed by atoms with Crippen molar-refractivity contribution in [1.82, 2.24) is 0 Å². The van der Waals surface area contributed by atoms with Gasteiger partial charge in [0.1, 0.15) is 6.61 Å². The van der Waals surface area contributed by atoms with Crippen molar-refractivity contribution >= 4 is 12.2 Å². The Labute approximate surface area is 157 Å². The Bertz CT molecular complexity index is 922. The number of nitrogens with zero attached hydrogens (tertiary/aromatic N) is 1. The van der Waals surface area contributed by atoms with Gasteiger partial charge >= 0.3 is 6.47 Å². The normalized spacial score (nSPS) is 11.6. The van der Waals surface area contributed by atoms with Crippen LogP contribution in [0.15, 0.2) is 72.8 Å². The molecule has 0 atom stereocenters. The van der Waals surface area contributed by atoms with Gasteiger partial charge in [-0.25, -0.2) is 4.79 Å². The summed E-state index contributed by atoms with van der Waals surface area (Å²) in [7, 11) is 0. The number of hydrogen-bond donors (Lipinski definition) is 0. The van der Waals surface area contributed by atoms with Crippen LogP contribution in [0.2, 0.25) is 0 Å². The molecule has 1 aliphatic carbocycles. The number of carbonyl (C=O) groups excluding carboxylic acids is 1. The molecule has 0 bridgehead atoms. The zero-order valence-corrected chi connectivity index (χ0v) is 14.5. The number of nitro benzene ring substituents is 1. The summed E-state index contributed by atoms with van der Waals surface area (Å²) in [5, 5.41) is 10.4. The molecule has 1 aliphatic rings. The Kier molecular flexibility index (Phi) is 5.61. The number of ether oxygens (including phenoxy) is 1. The van der Waals surface area contributed by atoms with Crippen LogP contribution in [0, 0.1) is 17.0 Å². The molecule has 4 rings (SSSR count). The summed E-state index contributed by atoms with van der Waals surface area (Å²) in [6.07, 6.45) is 0. The summed E-state index contributed by atoms with van der Waals surface area (Å²) in [5.74, 6) is 0.308. The first-order valence-electron chi connectivity index (χ1n) is 8.36. The fourth-order valence-corrected chi connectivity index (χ4v) is 3.18. The molecule has 134 valence electrons. The SMILES string of the molecule is O=[C]OCc1ccccc1[N+](=O)[O-].[CH2]C1c2ccccc2-c2ccccc21. The van der Waals surface area contributed by atoms with Crippen molar-refractivity contribution in [1.29, 1.82) is 0 Å². The molecule has 0 saturated heterocycles. The Balaban J connectivity index is 0.000000157. The van der Waals surface area contributed by atoms with Crippen LogP contribution in [0.4, 0.5) is 5.69 Å². The molecule has 0 saturated carbocycles. The molecule has 27 heavy (non-hydrogen) atoms. The monoisotopic (exact) mass is 359 g/mol. The van der Waals surface area contributed by atoms with Crippen molar-refractivity contribution in [3.05, 3.63) is 107 Å². The lowest BCUT2D eigenvalue weighted by Crippen LogP contribution is -1.97. The predicted molar refractivity (Wildman–Crippen MR) is 103 cm³/mol. The van der Waals surface area contributed by atoms with Crippen LogP contribution in [0.3, 0.4) is 0 Å². The minimum absolute atomic E-state index is 0.0576. The van der Waals surface area contributed by atoms with Gasteiger partial charge in [-0.05, 0) is 35.2 Å². The Morgan fingerprint density at radius 1 is 0.926 bits per heavy atom. The van der Waals surface area contributed by atoms with E-state index < -0.39 is 4.92 Å². The van der Waals surface area contributed by atoms with Gasteiger partial charge < -0.3 is 4.74 Å². The minimum atomic E-state index is -0.524. The van der Waals surface area contributed by atoms with E-state index >= 15 is 0 Å². The molecule has 0 fully saturated rings. The van der Waals surface area contributed by atoms with Crippen molar-refractivity contribution < 1.29 is 14.5 Å². The van der Waals surface area contributed by atoms with Crippen LogP contribution in [0.5, 0.6) is 0 Å². The molecule has 0 aliphatic heterocycles. The predicted octanol–water partition coefficient (Wildman–Crippen LogP) is 4.81. The lowest BCUT2D eigenvalue weighted by atomic mass is 10.00. The first-order valence-corrected chi connectivity index (χ1v) is 8.36. The quantitative estimate of drug-likeness (QED) is 0.495. The zero-order valence-electron chi connectivity index (χ0n) is 14.5. The average Bonchev–Trinajstić information content (AvgIpc) is 3.00. The van der Waals surface area contributed by atoms with E-state index in [9.17, 15) is 14.9 Å². The third kappa shape index (κ3) is 3.87. The zero-order chi connectivity index (χ0) is 19.2. The van der Waals surface area contributed by atoms with E-state index in [-0.39, 0.29) is 12.3 Å². The molecule has 3 aromatic carbocycles. The van der Waals surface area contributed by atoms with E-state index in [1.54, 1.807) is 12.1 Å². The molecule has 0 unspecified atom stereocenters. The number of fused-ring (bicyclic) bond motifs is 3. The second-order valence-electron chi connectivity index (χ2n) is 5.98. The van der Waals surface area contributed by atoms with Crippen LogP contribution in [0.1, 0.15) is 22.6 Å². The van der Waals surface area contributed by atoms with E-state index in [1.165, 1.54) is 40.9 Å². The molecule has 0 amide bonds. The third-order valence-corrected chi connectivity index (χ3v) is 4.44. The molecule has 0 aromatic heterocycles. The minimum Gasteiger partial charge on any atom is -0.452 e. The number of nitro groups is 1. The second-order valence-corrected chi connectivity index (χ2v) is 5.98. The van der Waals surface area contributed by atoms with Gasteiger partial charge in [0.15, 0.2) is 0 Å². The summed E-state index contributed by atoms with van der Waals surface area (Å²) in [6, 6.07) is 23.1. The summed E-state index contributed by atoms with van der Waals surface area (Å²) < 4.78 is 4.30. The summed E-state index contributed by atoms with van der Waals surface area (Å²) in [4.78, 5) is 19.7. The van der Waals surface area contributed by atoms with E-state index in [1.807, 2.05) is 0 Å². The highest BCUT2D eigenvalue weighted by molar-refractivity contribution is 5.78.